The van der Waals surface area contributed by atoms with Gasteiger partial charge in [-0.1, -0.05) is 18.2 Å². The van der Waals surface area contributed by atoms with Gasteiger partial charge in [0.1, 0.15) is 0 Å². The van der Waals surface area contributed by atoms with E-state index in [1.807, 2.05) is 24.3 Å². The van der Waals surface area contributed by atoms with E-state index >= 15 is 0 Å². The fourth-order valence-electron chi connectivity index (χ4n) is 2.66. The van der Waals surface area contributed by atoms with Crippen LogP contribution in [0, 0.1) is 0 Å². The number of hydrogen-bond acceptors (Lipinski definition) is 3. The van der Waals surface area contributed by atoms with Gasteiger partial charge in [-0.25, -0.2) is 0 Å². The summed E-state index contributed by atoms with van der Waals surface area (Å²) < 4.78 is 6.47. The molecule has 4 heteroatoms. The molecule has 18 heavy (non-hydrogen) atoms. The van der Waals surface area contributed by atoms with Crippen molar-refractivity contribution in [2.24, 2.45) is 0 Å². The highest BCUT2D eigenvalue weighted by Gasteiger charge is 2.27. The molecule has 2 heterocycles. The summed E-state index contributed by atoms with van der Waals surface area (Å²) in [5, 5.41) is 0.978. The summed E-state index contributed by atoms with van der Waals surface area (Å²) in [6.07, 6.45) is 1.46. The summed E-state index contributed by atoms with van der Waals surface area (Å²) in [6.45, 7) is 0. The van der Waals surface area contributed by atoms with Crippen LogP contribution in [0.3, 0.4) is 0 Å². The quantitative estimate of drug-likeness (QED) is 0.757. The van der Waals surface area contributed by atoms with Crippen LogP contribution in [0.5, 0.6) is 0 Å². The predicted molar refractivity (Wildman–Crippen MR) is 66.6 cm³/mol. The molecule has 1 aromatic heterocycles. The Labute approximate surface area is 104 Å². The molecule has 0 atom stereocenters. The normalized spacial score (nSPS) is 13.9. The molecular weight excluding hydrogens is 230 g/mol. The first-order valence-corrected chi connectivity index (χ1v) is 5.93. The van der Waals surface area contributed by atoms with Crippen LogP contribution in [0.15, 0.2) is 24.3 Å². The number of rotatable bonds is 2. The maximum Gasteiger partial charge on any atom is 0.310 e. The van der Waals surface area contributed by atoms with Crippen molar-refractivity contribution < 1.29 is 14.3 Å². The van der Waals surface area contributed by atoms with Gasteiger partial charge in [-0.15, -0.1) is 0 Å². The lowest BCUT2D eigenvalue weighted by Gasteiger charge is -2.00. The Balaban J connectivity index is 2.24. The zero-order valence-electron chi connectivity index (χ0n) is 10.1. The number of esters is 1. The Morgan fingerprint density at radius 2 is 2.11 bits per heavy atom. The molecule has 1 aromatic carbocycles. The molecule has 0 N–H and O–H groups in total. The molecule has 3 rings (SSSR count). The van der Waals surface area contributed by atoms with E-state index in [9.17, 15) is 9.59 Å². The van der Waals surface area contributed by atoms with Gasteiger partial charge >= 0.3 is 5.97 Å². The summed E-state index contributed by atoms with van der Waals surface area (Å²) in [4.78, 5) is 23.4. The molecule has 1 aliphatic rings. The van der Waals surface area contributed by atoms with E-state index in [1.165, 1.54) is 7.11 Å². The fraction of sp³-hybridized carbons (Fsp3) is 0.286. The van der Waals surface area contributed by atoms with E-state index in [1.54, 1.807) is 4.57 Å². The number of carbonyl (C=O) groups is 2. The first-order valence-electron chi connectivity index (χ1n) is 5.93. The molecule has 4 nitrogen and oxygen atoms in total. The number of nitrogens with zero attached hydrogens (tertiary/aromatic N) is 1. The van der Waals surface area contributed by atoms with E-state index in [4.69, 9.17) is 4.74 Å². The second-order valence-electron chi connectivity index (χ2n) is 4.42. The molecule has 1 aliphatic heterocycles. The molecule has 0 aliphatic carbocycles. The zero-order chi connectivity index (χ0) is 12.7. The molecule has 0 fully saturated rings. The van der Waals surface area contributed by atoms with Crippen LogP contribution >= 0.6 is 0 Å². The van der Waals surface area contributed by atoms with Gasteiger partial charge in [0.15, 0.2) is 0 Å². The van der Waals surface area contributed by atoms with Crippen molar-refractivity contribution in [2.75, 3.05) is 7.11 Å². The van der Waals surface area contributed by atoms with Gasteiger partial charge in [0.05, 0.1) is 19.0 Å². The summed E-state index contributed by atoms with van der Waals surface area (Å²) in [5.74, 6) is -0.161. The van der Waals surface area contributed by atoms with Crippen LogP contribution in [0.1, 0.15) is 22.5 Å². The van der Waals surface area contributed by atoms with Crippen molar-refractivity contribution >= 4 is 22.8 Å². The number of hydrogen-bond donors (Lipinski definition) is 0. The molecule has 0 saturated heterocycles. The van der Waals surface area contributed by atoms with Gasteiger partial charge in [0.25, 0.3) is 0 Å². The van der Waals surface area contributed by atoms with E-state index < -0.39 is 0 Å². The van der Waals surface area contributed by atoms with Crippen LogP contribution in [-0.2, 0) is 22.4 Å². The molecule has 0 amide bonds. The number of methoxy groups -OCH3 is 1. The average Bonchev–Trinajstić information content (AvgIpc) is 2.90. The van der Waals surface area contributed by atoms with E-state index in [-0.39, 0.29) is 18.3 Å². The van der Waals surface area contributed by atoms with Gasteiger partial charge in [-0.05, 0) is 18.1 Å². The van der Waals surface area contributed by atoms with E-state index in [0.717, 1.165) is 22.2 Å². The van der Waals surface area contributed by atoms with Gasteiger partial charge in [0.2, 0.25) is 5.91 Å². The van der Waals surface area contributed by atoms with Crippen molar-refractivity contribution in [3.8, 4) is 0 Å². The highest BCUT2D eigenvalue weighted by atomic mass is 16.5. The lowest BCUT2D eigenvalue weighted by molar-refractivity contribution is -0.139. The minimum Gasteiger partial charge on any atom is -0.469 e. The number of aromatic nitrogens is 1. The smallest absolute Gasteiger partial charge is 0.310 e. The van der Waals surface area contributed by atoms with Crippen molar-refractivity contribution in [3.63, 3.8) is 0 Å². The third-order valence-corrected chi connectivity index (χ3v) is 3.46. The predicted octanol–water partition coefficient (Wildman–Crippen LogP) is 1.94. The van der Waals surface area contributed by atoms with Crippen LogP contribution in [0.4, 0.5) is 0 Å². The zero-order valence-corrected chi connectivity index (χ0v) is 10.1. The van der Waals surface area contributed by atoms with Crippen LogP contribution < -0.4 is 0 Å². The monoisotopic (exact) mass is 243 g/mol. The molecule has 0 bridgehead atoms. The highest BCUT2D eigenvalue weighted by Crippen LogP contribution is 2.31. The lowest BCUT2D eigenvalue weighted by atomic mass is 10.1. The third kappa shape index (κ3) is 1.45. The standard InChI is InChI=1S/C14H13NO3/c1-18-14(17)8-10-9-4-2-3-5-11(9)15-12(10)6-7-13(15)16/h2-5H,6-8H2,1H3. The number of benzene rings is 1. The fourth-order valence-corrected chi connectivity index (χ4v) is 2.66. The topological polar surface area (TPSA) is 48.3 Å². The molecule has 92 valence electrons. The third-order valence-electron chi connectivity index (χ3n) is 3.46. The largest absolute Gasteiger partial charge is 0.469 e. The maximum absolute atomic E-state index is 11.9. The summed E-state index contributed by atoms with van der Waals surface area (Å²) in [6, 6.07) is 7.70. The number of ether oxygens (including phenoxy) is 1. The van der Waals surface area contributed by atoms with Gasteiger partial charge < -0.3 is 4.74 Å². The second-order valence-corrected chi connectivity index (χ2v) is 4.42. The average molecular weight is 243 g/mol. The number of carbonyl (C=O) groups excluding carboxylic acids is 2. The van der Waals surface area contributed by atoms with Crippen LogP contribution in [0.2, 0.25) is 0 Å². The highest BCUT2D eigenvalue weighted by molar-refractivity contribution is 5.99. The Morgan fingerprint density at radius 1 is 1.33 bits per heavy atom. The molecule has 2 aromatic rings. The summed E-state index contributed by atoms with van der Waals surface area (Å²) in [7, 11) is 1.38. The van der Waals surface area contributed by atoms with Gasteiger partial charge in [0, 0.05) is 17.5 Å². The molecular formula is C14H13NO3. The molecule has 0 radical (unpaired) electrons. The van der Waals surface area contributed by atoms with E-state index in [0.29, 0.717) is 12.8 Å². The molecule has 0 saturated carbocycles. The van der Waals surface area contributed by atoms with E-state index in [2.05, 4.69) is 0 Å². The second kappa shape index (κ2) is 3.98. The summed E-state index contributed by atoms with van der Waals surface area (Å²) >= 11 is 0. The number of para-hydroxylation sites is 1. The minimum absolute atomic E-state index is 0.109. The molecule has 0 spiro atoms. The minimum atomic E-state index is -0.270. The summed E-state index contributed by atoms with van der Waals surface area (Å²) in [5.41, 5.74) is 2.80. The first kappa shape index (κ1) is 11.0. The van der Waals surface area contributed by atoms with Crippen LogP contribution in [0.25, 0.3) is 10.9 Å². The Hall–Kier alpha value is -2.10. The van der Waals surface area contributed by atoms with Crippen molar-refractivity contribution in [1.82, 2.24) is 4.57 Å². The maximum atomic E-state index is 11.9. The van der Waals surface area contributed by atoms with Crippen LogP contribution in [-0.4, -0.2) is 23.6 Å². The van der Waals surface area contributed by atoms with Crippen molar-refractivity contribution in [1.29, 1.82) is 0 Å². The number of fused-ring (bicyclic) bond motifs is 3. The SMILES string of the molecule is COC(=O)Cc1c2n(c3ccccc13)C(=O)CC2. The van der Waals surface area contributed by atoms with Crippen molar-refractivity contribution in [2.45, 2.75) is 19.3 Å². The van der Waals surface area contributed by atoms with Crippen molar-refractivity contribution in [3.05, 3.63) is 35.5 Å². The molecule has 0 unspecified atom stereocenters. The lowest BCUT2D eigenvalue weighted by Crippen LogP contribution is -2.06. The van der Waals surface area contributed by atoms with Gasteiger partial charge in [-0.2, -0.15) is 0 Å². The first-order chi connectivity index (χ1) is 8.72. The Morgan fingerprint density at radius 3 is 2.89 bits per heavy atom. The Kier molecular flexibility index (Phi) is 2.44. The Bertz CT molecular complexity index is 654. The van der Waals surface area contributed by atoms with Gasteiger partial charge in [-0.3, -0.25) is 14.2 Å².